The summed E-state index contributed by atoms with van der Waals surface area (Å²) in [5.41, 5.74) is 2.63. The topological polar surface area (TPSA) is 78.0 Å². The Bertz CT molecular complexity index is 1180. The van der Waals surface area contributed by atoms with E-state index in [1.807, 2.05) is 24.3 Å². The number of sulfone groups is 1. The number of carbonyl (C=O) groups is 2. The molecule has 7 nitrogen and oxygen atoms in total. The molecule has 2 aliphatic heterocycles. The number of rotatable bonds is 5. The maximum atomic E-state index is 13.2. The molecule has 0 spiro atoms. The average molecular weight is 490 g/mol. The third-order valence-corrected chi connectivity index (χ3v) is 8.82. The number of hydrogen-bond acceptors (Lipinski definition) is 5. The van der Waals surface area contributed by atoms with Gasteiger partial charge in [-0.05, 0) is 55.3 Å². The lowest BCUT2D eigenvalue weighted by molar-refractivity contribution is -0.131. The standard InChI is InChI=1S/C24H28ClN3O4S/c1-17(33(31,32)22-6-7-23-19(15-22)8-9-28(23)18(2)29)14-24(30)27-12-10-26(11-13-27)21-5-3-4-20(25)16-21/h3-7,15-17H,8-14H2,1-2H3/t17-/m0/s1. The Morgan fingerprint density at radius 3 is 2.42 bits per heavy atom. The van der Waals surface area contributed by atoms with Crippen molar-refractivity contribution >= 4 is 44.6 Å². The van der Waals surface area contributed by atoms with Crippen molar-refractivity contribution in [1.82, 2.24) is 4.90 Å². The van der Waals surface area contributed by atoms with Crippen LogP contribution in [0.2, 0.25) is 5.02 Å². The molecule has 0 bridgehead atoms. The van der Waals surface area contributed by atoms with E-state index in [0.29, 0.717) is 44.2 Å². The van der Waals surface area contributed by atoms with Crippen molar-refractivity contribution in [1.29, 1.82) is 0 Å². The first-order valence-corrected chi connectivity index (χ1v) is 13.0. The quantitative estimate of drug-likeness (QED) is 0.644. The smallest absolute Gasteiger partial charge is 0.224 e. The molecule has 2 aromatic rings. The molecule has 0 aromatic heterocycles. The fourth-order valence-electron chi connectivity index (χ4n) is 4.49. The van der Waals surface area contributed by atoms with Crippen LogP contribution in [0.4, 0.5) is 11.4 Å². The minimum Gasteiger partial charge on any atom is -0.368 e. The van der Waals surface area contributed by atoms with E-state index < -0.39 is 15.1 Å². The molecule has 0 unspecified atom stereocenters. The third kappa shape index (κ3) is 4.87. The SMILES string of the molecule is CC(=O)N1CCc2cc(S(=O)(=O)[C@@H](C)CC(=O)N3CCN(c4cccc(Cl)c4)CC3)ccc21. The zero-order chi connectivity index (χ0) is 23.8. The largest absolute Gasteiger partial charge is 0.368 e. The molecule has 4 rings (SSSR count). The highest BCUT2D eigenvalue weighted by Gasteiger charge is 2.31. The number of nitrogens with zero attached hydrogens (tertiary/aromatic N) is 3. The van der Waals surface area contributed by atoms with Gasteiger partial charge in [-0.3, -0.25) is 9.59 Å². The summed E-state index contributed by atoms with van der Waals surface area (Å²) >= 11 is 6.08. The predicted octanol–water partition coefficient (Wildman–Crippen LogP) is 3.15. The molecular formula is C24H28ClN3O4S. The van der Waals surface area contributed by atoms with Crippen LogP contribution in [0, 0.1) is 0 Å². The Kier molecular flexibility index (Phi) is 6.68. The Morgan fingerprint density at radius 2 is 1.76 bits per heavy atom. The van der Waals surface area contributed by atoms with Crippen LogP contribution >= 0.6 is 11.6 Å². The first-order chi connectivity index (χ1) is 15.7. The van der Waals surface area contributed by atoms with Crippen LogP contribution in [0.3, 0.4) is 0 Å². The van der Waals surface area contributed by atoms with Crippen molar-refractivity contribution in [3.63, 3.8) is 0 Å². The fraction of sp³-hybridized carbons (Fsp3) is 0.417. The van der Waals surface area contributed by atoms with Gasteiger partial charge in [0, 0.05) is 62.5 Å². The monoisotopic (exact) mass is 489 g/mol. The van der Waals surface area contributed by atoms with Gasteiger partial charge in [0.25, 0.3) is 0 Å². The molecule has 0 N–H and O–H groups in total. The van der Waals surface area contributed by atoms with Gasteiger partial charge in [-0.15, -0.1) is 0 Å². The van der Waals surface area contributed by atoms with E-state index in [1.54, 1.807) is 34.9 Å². The third-order valence-electron chi connectivity index (χ3n) is 6.45. The van der Waals surface area contributed by atoms with Crippen molar-refractivity contribution in [3.8, 4) is 0 Å². The highest BCUT2D eigenvalue weighted by atomic mass is 35.5. The number of anilines is 2. The van der Waals surface area contributed by atoms with E-state index >= 15 is 0 Å². The Morgan fingerprint density at radius 1 is 1.03 bits per heavy atom. The summed E-state index contributed by atoms with van der Waals surface area (Å²) in [4.78, 5) is 30.4. The van der Waals surface area contributed by atoms with Crippen LogP contribution in [-0.2, 0) is 25.8 Å². The van der Waals surface area contributed by atoms with Gasteiger partial charge in [-0.25, -0.2) is 8.42 Å². The zero-order valence-corrected chi connectivity index (χ0v) is 20.4. The molecule has 33 heavy (non-hydrogen) atoms. The van der Waals surface area contributed by atoms with E-state index in [1.165, 1.54) is 6.92 Å². The molecule has 2 amide bonds. The molecular weight excluding hydrogens is 462 g/mol. The van der Waals surface area contributed by atoms with E-state index in [-0.39, 0.29) is 23.1 Å². The van der Waals surface area contributed by atoms with E-state index in [4.69, 9.17) is 11.6 Å². The summed E-state index contributed by atoms with van der Waals surface area (Å²) in [6, 6.07) is 12.5. The minimum atomic E-state index is -3.67. The zero-order valence-electron chi connectivity index (χ0n) is 18.8. The van der Waals surface area contributed by atoms with Crippen molar-refractivity contribution in [3.05, 3.63) is 53.1 Å². The van der Waals surface area contributed by atoms with Gasteiger partial charge >= 0.3 is 0 Å². The number of hydrogen-bond donors (Lipinski definition) is 0. The fourth-order valence-corrected chi connectivity index (χ4v) is 6.06. The molecule has 2 heterocycles. The molecule has 1 saturated heterocycles. The highest BCUT2D eigenvalue weighted by Crippen LogP contribution is 2.32. The molecule has 176 valence electrons. The summed E-state index contributed by atoms with van der Waals surface area (Å²) < 4.78 is 26.3. The molecule has 0 aliphatic carbocycles. The first kappa shape index (κ1) is 23.6. The summed E-state index contributed by atoms with van der Waals surface area (Å²) in [7, 11) is -3.67. The van der Waals surface area contributed by atoms with Gasteiger partial charge in [-0.1, -0.05) is 17.7 Å². The second-order valence-electron chi connectivity index (χ2n) is 8.62. The number of amides is 2. The molecule has 1 fully saturated rings. The normalized spacial score (nSPS) is 17.1. The Balaban J connectivity index is 1.38. The van der Waals surface area contributed by atoms with Gasteiger partial charge in [0.1, 0.15) is 0 Å². The minimum absolute atomic E-state index is 0.0567. The van der Waals surface area contributed by atoms with Crippen LogP contribution in [0.25, 0.3) is 0 Å². The second kappa shape index (κ2) is 9.35. The van der Waals surface area contributed by atoms with Crippen LogP contribution in [-0.4, -0.2) is 63.1 Å². The summed E-state index contributed by atoms with van der Waals surface area (Å²) in [6.45, 7) is 6.07. The molecule has 9 heteroatoms. The van der Waals surface area contributed by atoms with Crippen LogP contribution in [0.15, 0.2) is 47.4 Å². The van der Waals surface area contributed by atoms with Gasteiger partial charge in [0.05, 0.1) is 10.1 Å². The molecule has 1 atom stereocenters. The molecule has 2 aliphatic rings. The van der Waals surface area contributed by atoms with Crippen LogP contribution in [0.1, 0.15) is 25.8 Å². The van der Waals surface area contributed by atoms with Crippen molar-refractivity contribution in [2.24, 2.45) is 0 Å². The Labute approximate surface area is 199 Å². The maximum absolute atomic E-state index is 13.2. The van der Waals surface area contributed by atoms with Gasteiger partial charge < -0.3 is 14.7 Å². The molecule has 0 radical (unpaired) electrons. The van der Waals surface area contributed by atoms with Crippen LogP contribution < -0.4 is 9.80 Å². The lowest BCUT2D eigenvalue weighted by atomic mass is 10.2. The van der Waals surface area contributed by atoms with E-state index in [0.717, 1.165) is 16.9 Å². The summed E-state index contributed by atoms with van der Waals surface area (Å²) in [5, 5.41) is -0.162. The van der Waals surface area contributed by atoms with E-state index in [2.05, 4.69) is 4.90 Å². The maximum Gasteiger partial charge on any atom is 0.224 e. The van der Waals surface area contributed by atoms with Crippen LogP contribution in [0.5, 0.6) is 0 Å². The first-order valence-electron chi connectivity index (χ1n) is 11.1. The number of piperazine rings is 1. The number of halogens is 1. The van der Waals surface area contributed by atoms with Crippen molar-refractivity contribution < 1.29 is 18.0 Å². The number of carbonyl (C=O) groups excluding carboxylic acids is 2. The summed E-state index contributed by atoms with van der Waals surface area (Å²) in [5.74, 6) is -0.209. The Hall–Kier alpha value is -2.58. The average Bonchev–Trinajstić information content (AvgIpc) is 3.23. The number of benzene rings is 2. The highest BCUT2D eigenvalue weighted by molar-refractivity contribution is 7.92. The number of fused-ring (bicyclic) bond motifs is 1. The molecule has 2 aromatic carbocycles. The summed E-state index contributed by atoms with van der Waals surface area (Å²) in [6.07, 6.45) is 0.568. The second-order valence-corrected chi connectivity index (χ2v) is 11.4. The van der Waals surface area contributed by atoms with Gasteiger partial charge in [0.15, 0.2) is 9.84 Å². The van der Waals surface area contributed by atoms with Gasteiger partial charge in [0.2, 0.25) is 11.8 Å². The van der Waals surface area contributed by atoms with E-state index in [9.17, 15) is 18.0 Å². The van der Waals surface area contributed by atoms with Crippen molar-refractivity contribution in [2.45, 2.75) is 36.8 Å². The molecule has 0 saturated carbocycles. The lowest BCUT2D eigenvalue weighted by Crippen LogP contribution is -2.49. The predicted molar refractivity (Wildman–Crippen MR) is 130 cm³/mol. The lowest BCUT2D eigenvalue weighted by Gasteiger charge is -2.36. The van der Waals surface area contributed by atoms with Crippen molar-refractivity contribution in [2.75, 3.05) is 42.5 Å². The van der Waals surface area contributed by atoms with Gasteiger partial charge in [-0.2, -0.15) is 0 Å².